The Bertz CT molecular complexity index is 828. The molecule has 0 saturated heterocycles. The van der Waals surface area contributed by atoms with Crippen LogP contribution in [0.3, 0.4) is 0 Å². The minimum absolute atomic E-state index is 0.103. The largest absolute Gasteiger partial charge is 0.459 e. The first kappa shape index (κ1) is 18.9. The SMILES string of the molecule is Cc1c(C(N)=O)sc(NC(=O)Cn2cc(Cl)cn2)c1C(=O)OC(C)C. The number of carbonyl (C=O) groups excluding carboxylic acids is 3. The predicted molar refractivity (Wildman–Crippen MR) is 94.0 cm³/mol. The van der Waals surface area contributed by atoms with Gasteiger partial charge in [-0.15, -0.1) is 11.3 Å². The molecule has 3 N–H and O–H groups in total. The molecule has 0 unspecified atom stereocenters. The topological polar surface area (TPSA) is 116 Å². The fraction of sp³-hybridized carbons (Fsp3) is 0.333. The Morgan fingerprint density at radius 3 is 2.64 bits per heavy atom. The summed E-state index contributed by atoms with van der Waals surface area (Å²) in [4.78, 5) is 36.3. The van der Waals surface area contributed by atoms with Crippen molar-refractivity contribution in [3.63, 3.8) is 0 Å². The number of ether oxygens (including phenoxy) is 1. The van der Waals surface area contributed by atoms with Gasteiger partial charge >= 0.3 is 5.97 Å². The van der Waals surface area contributed by atoms with E-state index >= 15 is 0 Å². The van der Waals surface area contributed by atoms with E-state index in [-0.39, 0.29) is 28.1 Å². The zero-order valence-electron chi connectivity index (χ0n) is 13.8. The Balaban J connectivity index is 2.28. The van der Waals surface area contributed by atoms with E-state index in [1.807, 2.05) is 0 Å². The summed E-state index contributed by atoms with van der Waals surface area (Å²) < 4.78 is 6.53. The van der Waals surface area contributed by atoms with E-state index in [1.165, 1.54) is 17.1 Å². The maximum Gasteiger partial charge on any atom is 0.341 e. The Labute approximate surface area is 152 Å². The predicted octanol–water partition coefficient (Wildman–Crippen LogP) is 2.21. The second-order valence-electron chi connectivity index (χ2n) is 5.48. The van der Waals surface area contributed by atoms with Gasteiger partial charge in [-0.05, 0) is 26.3 Å². The molecule has 0 aliphatic rings. The van der Waals surface area contributed by atoms with Crippen molar-refractivity contribution in [1.29, 1.82) is 0 Å². The molecule has 2 aromatic heterocycles. The molecule has 0 atom stereocenters. The van der Waals surface area contributed by atoms with Gasteiger partial charge in [0.1, 0.15) is 11.5 Å². The third-order valence-electron chi connectivity index (χ3n) is 3.08. The number of nitrogens with one attached hydrogen (secondary N) is 1. The number of rotatable bonds is 6. The molecule has 2 rings (SSSR count). The summed E-state index contributed by atoms with van der Waals surface area (Å²) in [5, 5.41) is 7.12. The van der Waals surface area contributed by atoms with Crippen molar-refractivity contribution in [1.82, 2.24) is 9.78 Å². The van der Waals surface area contributed by atoms with Crippen molar-refractivity contribution in [3.8, 4) is 0 Å². The van der Waals surface area contributed by atoms with Crippen LogP contribution in [0.5, 0.6) is 0 Å². The quantitative estimate of drug-likeness (QED) is 0.740. The minimum Gasteiger partial charge on any atom is -0.459 e. The lowest BCUT2D eigenvalue weighted by Gasteiger charge is -2.10. The van der Waals surface area contributed by atoms with E-state index in [0.717, 1.165) is 11.3 Å². The molecule has 134 valence electrons. The molecule has 25 heavy (non-hydrogen) atoms. The Morgan fingerprint density at radius 1 is 1.44 bits per heavy atom. The van der Waals surface area contributed by atoms with Crippen molar-refractivity contribution >= 4 is 45.7 Å². The number of aromatic nitrogens is 2. The van der Waals surface area contributed by atoms with E-state index in [9.17, 15) is 14.4 Å². The maximum absolute atomic E-state index is 12.3. The van der Waals surface area contributed by atoms with Gasteiger partial charge in [0, 0.05) is 6.20 Å². The fourth-order valence-corrected chi connectivity index (χ4v) is 3.31. The Kier molecular flexibility index (Phi) is 5.81. The molecule has 2 aromatic rings. The third kappa shape index (κ3) is 4.58. The van der Waals surface area contributed by atoms with Crippen LogP contribution in [-0.4, -0.2) is 33.7 Å². The monoisotopic (exact) mass is 384 g/mol. The second kappa shape index (κ2) is 7.66. The lowest BCUT2D eigenvalue weighted by atomic mass is 10.1. The summed E-state index contributed by atoms with van der Waals surface area (Å²) in [7, 11) is 0. The number of nitrogens with zero attached hydrogens (tertiary/aromatic N) is 2. The summed E-state index contributed by atoms with van der Waals surface area (Å²) in [6.07, 6.45) is 2.54. The van der Waals surface area contributed by atoms with Crippen LogP contribution in [0, 0.1) is 6.92 Å². The zero-order chi connectivity index (χ0) is 18.7. The van der Waals surface area contributed by atoms with Gasteiger partial charge in [0.25, 0.3) is 5.91 Å². The molecule has 0 aliphatic heterocycles. The summed E-state index contributed by atoms with van der Waals surface area (Å²) in [6, 6.07) is 0. The fourth-order valence-electron chi connectivity index (χ4n) is 2.09. The molecule has 0 radical (unpaired) electrons. The normalized spacial score (nSPS) is 10.8. The number of nitrogens with two attached hydrogens (primary N) is 1. The average molecular weight is 385 g/mol. The van der Waals surface area contributed by atoms with Crippen LogP contribution in [0.25, 0.3) is 0 Å². The van der Waals surface area contributed by atoms with Gasteiger partial charge in [-0.25, -0.2) is 4.79 Å². The van der Waals surface area contributed by atoms with Crippen LogP contribution in [0.1, 0.15) is 39.4 Å². The molecule has 0 saturated carbocycles. The molecule has 2 amide bonds. The van der Waals surface area contributed by atoms with Crippen LogP contribution in [0.2, 0.25) is 5.02 Å². The lowest BCUT2D eigenvalue weighted by Crippen LogP contribution is -2.20. The standard InChI is InChI=1S/C15H17ClN4O4S/c1-7(2)24-15(23)11-8(3)12(13(17)22)25-14(11)19-10(21)6-20-5-9(16)4-18-20/h4-5,7H,6H2,1-3H3,(H2,17,22)(H,19,21). The van der Waals surface area contributed by atoms with Gasteiger partial charge in [-0.2, -0.15) is 5.10 Å². The number of esters is 1. The average Bonchev–Trinajstić information content (AvgIpc) is 3.01. The number of halogens is 1. The van der Waals surface area contributed by atoms with Gasteiger partial charge in [0.2, 0.25) is 5.91 Å². The number of thiophene rings is 1. The second-order valence-corrected chi connectivity index (χ2v) is 6.94. The van der Waals surface area contributed by atoms with E-state index < -0.39 is 17.8 Å². The number of primary amides is 1. The Hall–Kier alpha value is -2.39. The minimum atomic E-state index is -0.680. The molecule has 10 heteroatoms. The summed E-state index contributed by atoms with van der Waals surface area (Å²) in [6.45, 7) is 4.88. The van der Waals surface area contributed by atoms with Crippen LogP contribution >= 0.6 is 22.9 Å². The first-order valence-electron chi connectivity index (χ1n) is 7.31. The van der Waals surface area contributed by atoms with E-state index in [0.29, 0.717) is 10.6 Å². The highest BCUT2D eigenvalue weighted by atomic mass is 35.5. The molecule has 2 heterocycles. The molecule has 0 aromatic carbocycles. The molecular weight excluding hydrogens is 368 g/mol. The summed E-state index contributed by atoms with van der Waals surface area (Å²) in [5.74, 6) is -1.75. The van der Waals surface area contributed by atoms with Gasteiger partial charge in [-0.1, -0.05) is 11.6 Å². The number of carbonyl (C=O) groups is 3. The number of hydrogen-bond acceptors (Lipinski definition) is 6. The number of hydrogen-bond donors (Lipinski definition) is 2. The van der Waals surface area contributed by atoms with E-state index in [1.54, 1.807) is 20.8 Å². The molecule has 0 fully saturated rings. The van der Waals surface area contributed by atoms with Gasteiger partial charge < -0.3 is 15.8 Å². The lowest BCUT2D eigenvalue weighted by molar-refractivity contribution is -0.116. The maximum atomic E-state index is 12.3. The van der Waals surface area contributed by atoms with E-state index in [4.69, 9.17) is 22.1 Å². The number of anilines is 1. The van der Waals surface area contributed by atoms with Gasteiger partial charge in [-0.3, -0.25) is 14.3 Å². The van der Waals surface area contributed by atoms with E-state index in [2.05, 4.69) is 10.4 Å². The highest BCUT2D eigenvalue weighted by Crippen LogP contribution is 2.33. The summed E-state index contributed by atoms with van der Waals surface area (Å²) >= 11 is 6.68. The van der Waals surface area contributed by atoms with Crippen molar-refractivity contribution < 1.29 is 19.1 Å². The first-order chi connectivity index (χ1) is 11.7. The summed E-state index contributed by atoms with van der Waals surface area (Å²) in [5.41, 5.74) is 5.83. The zero-order valence-corrected chi connectivity index (χ0v) is 15.4. The van der Waals surface area contributed by atoms with Crippen molar-refractivity contribution in [2.45, 2.75) is 33.4 Å². The highest BCUT2D eigenvalue weighted by Gasteiger charge is 2.26. The molecule has 8 nitrogen and oxygen atoms in total. The highest BCUT2D eigenvalue weighted by molar-refractivity contribution is 7.18. The third-order valence-corrected chi connectivity index (χ3v) is 4.49. The van der Waals surface area contributed by atoms with Crippen molar-refractivity contribution in [2.24, 2.45) is 5.73 Å². The molecule has 0 bridgehead atoms. The molecule has 0 aliphatic carbocycles. The Morgan fingerprint density at radius 2 is 2.12 bits per heavy atom. The van der Waals surface area contributed by atoms with Crippen LogP contribution in [0.4, 0.5) is 5.00 Å². The number of amides is 2. The van der Waals surface area contributed by atoms with Crippen LogP contribution in [0.15, 0.2) is 12.4 Å². The molecule has 0 spiro atoms. The smallest absolute Gasteiger partial charge is 0.341 e. The van der Waals surface area contributed by atoms with Gasteiger partial charge in [0.05, 0.1) is 27.8 Å². The van der Waals surface area contributed by atoms with Crippen molar-refractivity contribution in [2.75, 3.05) is 5.32 Å². The van der Waals surface area contributed by atoms with Gasteiger partial charge in [0.15, 0.2) is 0 Å². The van der Waals surface area contributed by atoms with Crippen LogP contribution < -0.4 is 11.1 Å². The van der Waals surface area contributed by atoms with Crippen molar-refractivity contribution in [3.05, 3.63) is 33.4 Å². The first-order valence-corrected chi connectivity index (χ1v) is 8.50. The molecular formula is C15H17ClN4O4S. The van der Waals surface area contributed by atoms with Crippen LogP contribution in [-0.2, 0) is 16.1 Å².